The number of hydrogen-bond acceptors (Lipinski definition) is 3. The van der Waals surface area contributed by atoms with Crippen molar-refractivity contribution in [2.45, 2.75) is 25.6 Å². The highest BCUT2D eigenvalue weighted by Gasteiger charge is 2.63. The zero-order valence-corrected chi connectivity index (χ0v) is 11.4. The Hall–Kier alpha value is -2.02. The summed E-state index contributed by atoms with van der Waals surface area (Å²) in [5.74, 6) is -1.74. The van der Waals surface area contributed by atoms with Crippen molar-refractivity contribution in [1.29, 1.82) is 0 Å². The largest absolute Gasteiger partial charge is 0.463 e. The maximum atomic E-state index is 13.3. The number of carbonyl (C=O) groups excluding carboxylic acids is 1. The van der Waals surface area contributed by atoms with Gasteiger partial charge < -0.3 is 14.8 Å². The summed E-state index contributed by atoms with van der Waals surface area (Å²) in [6.45, 7) is 2.81. The van der Waals surface area contributed by atoms with Crippen LogP contribution in [0, 0.1) is 6.92 Å². The molecule has 0 fully saturated rings. The molecule has 114 valence electrons. The van der Waals surface area contributed by atoms with E-state index in [1.54, 1.807) is 19.1 Å². The number of aliphatic hydroxyl groups is 1. The summed E-state index contributed by atoms with van der Waals surface area (Å²) in [6, 6.07) is 4.67. The monoisotopic (exact) mass is 301 g/mol. The molecule has 0 spiro atoms. The van der Waals surface area contributed by atoms with E-state index in [1.165, 1.54) is 13.0 Å². The molecule has 1 aromatic heterocycles. The van der Waals surface area contributed by atoms with Crippen LogP contribution in [0.25, 0.3) is 10.9 Å². The van der Waals surface area contributed by atoms with Crippen LogP contribution in [0.15, 0.2) is 24.4 Å². The smallest absolute Gasteiger partial charge is 0.432 e. The SMILES string of the molecule is CCOC(=O)C(O)(c1c[nH]c2c(C)cccc12)C(F)(F)F. The minimum absolute atomic E-state index is 0.128. The number of aromatic nitrogens is 1. The summed E-state index contributed by atoms with van der Waals surface area (Å²) in [6.07, 6.45) is -4.21. The van der Waals surface area contributed by atoms with E-state index in [0.29, 0.717) is 11.1 Å². The molecule has 2 rings (SSSR count). The number of alkyl halides is 3. The molecular weight excluding hydrogens is 287 g/mol. The maximum Gasteiger partial charge on any atom is 0.432 e. The number of hydrogen-bond donors (Lipinski definition) is 2. The van der Waals surface area contributed by atoms with Gasteiger partial charge in [0.05, 0.1) is 6.61 Å². The van der Waals surface area contributed by atoms with E-state index in [2.05, 4.69) is 9.72 Å². The van der Waals surface area contributed by atoms with E-state index < -0.39 is 23.3 Å². The predicted octanol–water partition coefficient (Wildman–Crippen LogP) is 2.79. The van der Waals surface area contributed by atoms with E-state index in [4.69, 9.17) is 0 Å². The number of ether oxygens (including phenoxy) is 1. The molecule has 7 heteroatoms. The van der Waals surface area contributed by atoms with Crippen LogP contribution < -0.4 is 0 Å². The molecule has 2 aromatic rings. The molecule has 4 nitrogen and oxygen atoms in total. The quantitative estimate of drug-likeness (QED) is 0.857. The first-order valence-electron chi connectivity index (χ1n) is 6.27. The Kier molecular flexibility index (Phi) is 3.71. The van der Waals surface area contributed by atoms with Crippen LogP contribution in [-0.2, 0) is 15.1 Å². The van der Waals surface area contributed by atoms with Gasteiger partial charge in [-0.15, -0.1) is 0 Å². The van der Waals surface area contributed by atoms with Gasteiger partial charge >= 0.3 is 12.1 Å². The van der Waals surface area contributed by atoms with Gasteiger partial charge in [-0.3, -0.25) is 0 Å². The van der Waals surface area contributed by atoms with Gasteiger partial charge in [0.15, 0.2) is 0 Å². The average molecular weight is 301 g/mol. The van der Waals surface area contributed by atoms with E-state index in [1.807, 2.05) is 0 Å². The van der Waals surface area contributed by atoms with Crippen LogP contribution in [0.5, 0.6) is 0 Å². The van der Waals surface area contributed by atoms with Crippen molar-refractivity contribution >= 4 is 16.9 Å². The minimum Gasteiger partial charge on any atom is -0.463 e. The number of nitrogens with one attached hydrogen (secondary N) is 1. The van der Waals surface area contributed by atoms with Crippen molar-refractivity contribution in [3.05, 3.63) is 35.5 Å². The minimum atomic E-state index is -5.20. The third-order valence-electron chi connectivity index (χ3n) is 3.29. The lowest BCUT2D eigenvalue weighted by Gasteiger charge is -2.27. The van der Waals surface area contributed by atoms with Crippen LogP contribution in [0.4, 0.5) is 13.2 Å². The van der Waals surface area contributed by atoms with Gasteiger partial charge in [0, 0.05) is 22.7 Å². The number of fused-ring (bicyclic) bond motifs is 1. The molecule has 0 saturated carbocycles. The summed E-state index contributed by atoms with van der Waals surface area (Å²) >= 11 is 0. The Morgan fingerprint density at radius 2 is 2.05 bits per heavy atom. The van der Waals surface area contributed by atoms with Crippen molar-refractivity contribution in [2.24, 2.45) is 0 Å². The summed E-state index contributed by atoms with van der Waals surface area (Å²) in [5, 5.41) is 10.2. The fourth-order valence-electron chi connectivity index (χ4n) is 2.22. The van der Waals surface area contributed by atoms with Crippen LogP contribution in [0.3, 0.4) is 0 Å². The molecule has 0 aliphatic carbocycles. The average Bonchev–Trinajstić information content (AvgIpc) is 2.82. The van der Waals surface area contributed by atoms with Gasteiger partial charge in [-0.25, -0.2) is 4.79 Å². The van der Waals surface area contributed by atoms with Crippen LogP contribution in [0.2, 0.25) is 0 Å². The number of esters is 1. The van der Waals surface area contributed by atoms with Crippen molar-refractivity contribution in [3.8, 4) is 0 Å². The Labute approximate surface area is 118 Å². The highest BCUT2D eigenvalue weighted by Crippen LogP contribution is 2.43. The van der Waals surface area contributed by atoms with E-state index in [0.717, 1.165) is 6.20 Å². The number of carbonyl (C=O) groups is 1. The van der Waals surface area contributed by atoms with Crippen LogP contribution in [0.1, 0.15) is 18.1 Å². The van der Waals surface area contributed by atoms with Gasteiger partial charge in [-0.1, -0.05) is 18.2 Å². The molecule has 2 N–H and O–H groups in total. The van der Waals surface area contributed by atoms with E-state index in [-0.39, 0.29) is 12.0 Å². The number of aryl methyl sites for hydroxylation is 1. The predicted molar refractivity (Wildman–Crippen MR) is 69.6 cm³/mol. The van der Waals surface area contributed by atoms with Gasteiger partial charge in [-0.05, 0) is 19.4 Å². The normalized spacial score (nSPS) is 15.0. The highest BCUT2D eigenvalue weighted by molar-refractivity contribution is 5.93. The number of aromatic amines is 1. The fraction of sp³-hybridized carbons (Fsp3) is 0.357. The third-order valence-corrected chi connectivity index (χ3v) is 3.29. The summed E-state index contributed by atoms with van der Waals surface area (Å²) in [4.78, 5) is 14.4. The second kappa shape index (κ2) is 5.07. The lowest BCUT2D eigenvalue weighted by molar-refractivity contribution is -0.267. The Bertz CT molecular complexity index is 678. The molecule has 0 radical (unpaired) electrons. The number of halogens is 3. The molecule has 0 amide bonds. The number of H-pyrrole nitrogens is 1. The molecule has 1 aromatic carbocycles. The molecule has 1 atom stereocenters. The maximum absolute atomic E-state index is 13.3. The van der Waals surface area contributed by atoms with Gasteiger partial charge in [0.2, 0.25) is 0 Å². The Balaban J connectivity index is 2.71. The first kappa shape index (κ1) is 15.4. The zero-order valence-electron chi connectivity index (χ0n) is 11.4. The van der Waals surface area contributed by atoms with E-state index in [9.17, 15) is 23.1 Å². The van der Waals surface area contributed by atoms with Crippen LogP contribution in [-0.4, -0.2) is 28.8 Å². The number of rotatable bonds is 3. The standard InChI is InChI=1S/C14H14F3NO3/c1-3-21-12(19)13(20,14(15,16)17)10-7-18-11-8(2)5-4-6-9(10)11/h4-7,18,20H,3H2,1-2H3. The van der Waals surface area contributed by atoms with Crippen molar-refractivity contribution in [3.63, 3.8) is 0 Å². The summed E-state index contributed by atoms with van der Waals surface area (Å²) < 4.78 is 44.3. The number of para-hydroxylation sites is 1. The summed E-state index contributed by atoms with van der Waals surface area (Å²) in [5.41, 5.74) is -3.13. The topological polar surface area (TPSA) is 62.3 Å². The third kappa shape index (κ3) is 2.27. The van der Waals surface area contributed by atoms with Crippen LogP contribution >= 0.6 is 0 Å². The van der Waals surface area contributed by atoms with Gasteiger partial charge in [0.1, 0.15) is 0 Å². The van der Waals surface area contributed by atoms with Gasteiger partial charge in [-0.2, -0.15) is 13.2 Å². The first-order chi connectivity index (χ1) is 9.73. The molecular formula is C14H14F3NO3. The molecule has 21 heavy (non-hydrogen) atoms. The lowest BCUT2D eigenvalue weighted by Crippen LogP contribution is -2.50. The lowest BCUT2D eigenvalue weighted by atomic mass is 9.92. The molecule has 0 aliphatic heterocycles. The second-order valence-electron chi connectivity index (χ2n) is 4.63. The van der Waals surface area contributed by atoms with E-state index >= 15 is 0 Å². The van der Waals surface area contributed by atoms with Crippen molar-refractivity contribution in [2.75, 3.05) is 6.61 Å². The zero-order chi connectivity index (χ0) is 15.8. The summed E-state index contributed by atoms with van der Waals surface area (Å²) in [7, 11) is 0. The van der Waals surface area contributed by atoms with Crippen molar-refractivity contribution in [1.82, 2.24) is 4.98 Å². The molecule has 0 saturated heterocycles. The fourth-order valence-corrected chi connectivity index (χ4v) is 2.22. The molecule has 1 heterocycles. The first-order valence-corrected chi connectivity index (χ1v) is 6.27. The van der Waals surface area contributed by atoms with Crippen molar-refractivity contribution < 1.29 is 27.8 Å². The Morgan fingerprint density at radius 1 is 1.38 bits per heavy atom. The second-order valence-corrected chi connectivity index (χ2v) is 4.63. The highest BCUT2D eigenvalue weighted by atomic mass is 19.4. The molecule has 0 bridgehead atoms. The van der Waals surface area contributed by atoms with Gasteiger partial charge in [0.25, 0.3) is 5.60 Å². The number of benzene rings is 1. The Morgan fingerprint density at radius 3 is 2.62 bits per heavy atom. The molecule has 0 aliphatic rings. The molecule has 1 unspecified atom stereocenters.